The van der Waals surface area contributed by atoms with Crippen molar-refractivity contribution >= 4 is 46.3 Å². The van der Waals surface area contributed by atoms with E-state index in [1.54, 1.807) is 54.6 Å². The van der Waals surface area contributed by atoms with Gasteiger partial charge in [0.05, 0.1) is 23.3 Å². The van der Waals surface area contributed by atoms with E-state index in [9.17, 15) is 19.7 Å². The Labute approximate surface area is 209 Å². The molecule has 0 spiro atoms. The van der Waals surface area contributed by atoms with Crippen LogP contribution in [-0.4, -0.2) is 40.0 Å². The zero-order chi connectivity index (χ0) is 25.5. The summed E-state index contributed by atoms with van der Waals surface area (Å²) in [6.07, 6.45) is 1.29. The first-order valence-corrected chi connectivity index (χ1v) is 11.8. The maximum absolute atomic E-state index is 12.4. The van der Waals surface area contributed by atoms with Crippen molar-refractivity contribution in [3.63, 3.8) is 0 Å². The molecule has 1 aromatic heterocycles. The molecular formula is C24H21N5O6S. The normalized spacial score (nSPS) is 16.3. The predicted octanol–water partition coefficient (Wildman–Crippen LogP) is 4.20. The fraction of sp³-hybridized carbons (Fsp3) is 0.167. The first-order valence-electron chi connectivity index (χ1n) is 10.9. The number of thioether (sulfide) groups is 1. The number of amides is 2. The summed E-state index contributed by atoms with van der Waals surface area (Å²) < 4.78 is 11.0. The Morgan fingerprint density at radius 1 is 1.22 bits per heavy atom. The van der Waals surface area contributed by atoms with Crippen molar-refractivity contribution < 1.29 is 23.7 Å². The molecule has 11 nitrogen and oxygen atoms in total. The van der Waals surface area contributed by atoms with E-state index in [0.717, 1.165) is 11.8 Å². The number of rotatable bonds is 9. The molecule has 1 aliphatic heterocycles. The summed E-state index contributed by atoms with van der Waals surface area (Å²) >= 11 is 1.10. The summed E-state index contributed by atoms with van der Waals surface area (Å²) in [5, 5.41) is 24.1. The summed E-state index contributed by atoms with van der Waals surface area (Å²) in [6.45, 7) is 2.44. The lowest BCUT2D eigenvalue weighted by atomic mass is 10.1. The third-order valence-corrected chi connectivity index (χ3v) is 6.00. The number of carbonyl (C=O) groups is 2. The predicted molar refractivity (Wildman–Crippen MR) is 136 cm³/mol. The van der Waals surface area contributed by atoms with Crippen molar-refractivity contribution in [1.82, 2.24) is 5.32 Å². The number of anilines is 1. The average molecular weight is 508 g/mol. The van der Waals surface area contributed by atoms with Crippen LogP contribution in [0.25, 0.3) is 11.3 Å². The number of furan rings is 1. The molecule has 0 radical (unpaired) electrons. The van der Waals surface area contributed by atoms with Gasteiger partial charge in [-0.25, -0.2) is 0 Å². The number of benzene rings is 2. The maximum atomic E-state index is 12.4. The number of amidine groups is 1. The minimum Gasteiger partial charge on any atom is -0.494 e. The van der Waals surface area contributed by atoms with Crippen LogP contribution in [0.4, 0.5) is 11.4 Å². The van der Waals surface area contributed by atoms with Crippen molar-refractivity contribution in [2.45, 2.75) is 18.6 Å². The molecule has 1 aliphatic rings. The number of nitrogens with one attached hydrogen (secondary N) is 2. The van der Waals surface area contributed by atoms with Crippen LogP contribution in [0.3, 0.4) is 0 Å². The molecule has 2 aromatic carbocycles. The molecule has 1 fully saturated rings. The fourth-order valence-corrected chi connectivity index (χ4v) is 4.24. The number of nitro benzene ring substituents is 1. The number of hydrogen-bond donors (Lipinski definition) is 2. The van der Waals surface area contributed by atoms with E-state index in [0.29, 0.717) is 35.1 Å². The van der Waals surface area contributed by atoms with Gasteiger partial charge in [-0.1, -0.05) is 23.9 Å². The largest absolute Gasteiger partial charge is 0.494 e. The van der Waals surface area contributed by atoms with E-state index in [4.69, 9.17) is 9.15 Å². The SMILES string of the molecule is CCOc1ccc(NC(=O)CC2S/C(=N\N=C\c3ccc(-c4ccccc4[N+](=O)[O-])o3)NC2=O)cc1. The fourth-order valence-electron chi connectivity index (χ4n) is 3.31. The van der Waals surface area contributed by atoms with Gasteiger partial charge in [0.2, 0.25) is 11.8 Å². The first-order chi connectivity index (χ1) is 17.4. The smallest absolute Gasteiger partial charge is 0.280 e. The zero-order valence-corrected chi connectivity index (χ0v) is 19.9. The summed E-state index contributed by atoms with van der Waals surface area (Å²) in [6, 6.07) is 16.4. The molecule has 3 aromatic rings. The van der Waals surface area contributed by atoms with Gasteiger partial charge in [-0.3, -0.25) is 19.7 Å². The molecule has 4 rings (SSSR count). The average Bonchev–Trinajstić information content (AvgIpc) is 3.47. The second-order valence-electron chi connectivity index (χ2n) is 7.43. The topological polar surface area (TPSA) is 148 Å². The zero-order valence-electron chi connectivity index (χ0n) is 19.0. The Hall–Kier alpha value is -4.45. The minimum absolute atomic E-state index is 0.0379. The highest BCUT2D eigenvalue weighted by atomic mass is 32.2. The molecule has 2 amide bonds. The van der Waals surface area contributed by atoms with Gasteiger partial charge in [0, 0.05) is 18.2 Å². The Balaban J connectivity index is 1.33. The molecule has 0 bridgehead atoms. The molecule has 12 heteroatoms. The summed E-state index contributed by atoms with van der Waals surface area (Å²) in [5.41, 5.74) is 0.876. The first kappa shape index (κ1) is 24.7. The highest BCUT2D eigenvalue weighted by molar-refractivity contribution is 8.15. The highest BCUT2D eigenvalue weighted by Gasteiger charge is 2.32. The van der Waals surface area contributed by atoms with E-state index in [-0.39, 0.29) is 29.1 Å². The van der Waals surface area contributed by atoms with Gasteiger partial charge in [0.25, 0.3) is 5.69 Å². The molecule has 36 heavy (non-hydrogen) atoms. The second-order valence-corrected chi connectivity index (χ2v) is 8.62. The minimum atomic E-state index is -0.643. The number of ether oxygens (including phenoxy) is 1. The molecule has 1 saturated heterocycles. The van der Waals surface area contributed by atoms with Crippen molar-refractivity contribution in [1.29, 1.82) is 0 Å². The lowest BCUT2D eigenvalue weighted by molar-refractivity contribution is -0.384. The summed E-state index contributed by atoms with van der Waals surface area (Å²) in [5.74, 6) is 0.698. The van der Waals surface area contributed by atoms with Crippen LogP contribution in [0.2, 0.25) is 0 Å². The molecule has 2 heterocycles. The van der Waals surface area contributed by atoms with Crippen molar-refractivity contribution in [3.8, 4) is 17.1 Å². The van der Waals surface area contributed by atoms with Gasteiger partial charge < -0.3 is 19.8 Å². The van der Waals surface area contributed by atoms with Gasteiger partial charge in [0.15, 0.2) is 5.17 Å². The lowest BCUT2D eigenvalue weighted by Crippen LogP contribution is -2.28. The summed E-state index contributed by atoms with van der Waals surface area (Å²) in [4.78, 5) is 35.3. The Morgan fingerprint density at radius 3 is 2.75 bits per heavy atom. The van der Waals surface area contributed by atoms with Gasteiger partial charge >= 0.3 is 0 Å². The van der Waals surface area contributed by atoms with Crippen LogP contribution in [0, 0.1) is 10.1 Å². The Morgan fingerprint density at radius 2 is 2.00 bits per heavy atom. The summed E-state index contributed by atoms with van der Waals surface area (Å²) in [7, 11) is 0. The van der Waals surface area contributed by atoms with E-state index < -0.39 is 10.2 Å². The van der Waals surface area contributed by atoms with Gasteiger partial charge in [-0.15, -0.1) is 5.10 Å². The van der Waals surface area contributed by atoms with Crippen LogP contribution in [0.1, 0.15) is 19.1 Å². The van der Waals surface area contributed by atoms with Gasteiger partial charge in [-0.05, 0) is 49.4 Å². The Bertz CT molecular complexity index is 1330. The molecule has 0 aliphatic carbocycles. The molecule has 184 valence electrons. The van der Waals surface area contributed by atoms with Crippen molar-refractivity contribution in [3.05, 3.63) is 76.5 Å². The molecular weight excluding hydrogens is 486 g/mol. The molecule has 1 atom stereocenters. The van der Waals surface area contributed by atoms with Crippen LogP contribution in [0.15, 0.2) is 75.3 Å². The lowest BCUT2D eigenvalue weighted by Gasteiger charge is -2.08. The van der Waals surface area contributed by atoms with E-state index in [1.807, 2.05) is 6.92 Å². The number of nitro groups is 1. The Kier molecular flexibility index (Phi) is 7.75. The van der Waals surface area contributed by atoms with E-state index >= 15 is 0 Å². The number of carbonyl (C=O) groups excluding carboxylic acids is 2. The molecule has 2 N–H and O–H groups in total. The number of nitrogens with zero attached hydrogens (tertiary/aromatic N) is 3. The number of hydrogen-bond acceptors (Lipinski definition) is 9. The van der Waals surface area contributed by atoms with Crippen LogP contribution in [0.5, 0.6) is 5.75 Å². The van der Waals surface area contributed by atoms with Crippen molar-refractivity contribution in [2.75, 3.05) is 11.9 Å². The standard InChI is InChI=1S/C24H21N5O6S/c1-2-34-16-9-7-15(8-10-16)26-22(30)13-21-23(31)27-24(36-21)28-25-14-17-11-12-20(35-17)18-5-3-4-6-19(18)29(32)33/h3-12,14,21H,2,13H2,1H3,(H,26,30)(H,27,28,31)/b25-14+. The quantitative estimate of drug-likeness (QED) is 0.250. The third kappa shape index (κ3) is 6.16. The van der Waals surface area contributed by atoms with E-state index in [1.165, 1.54) is 12.3 Å². The number of para-hydroxylation sites is 1. The monoisotopic (exact) mass is 507 g/mol. The van der Waals surface area contributed by atoms with Crippen LogP contribution in [-0.2, 0) is 9.59 Å². The second kappa shape index (κ2) is 11.3. The van der Waals surface area contributed by atoms with Gasteiger partial charge in [0.1, 0.15) is 22.5 Å². The molecule has 1 unspecified atom stereocenters. The van der Waals surface area contributed by atoms with E-state index in [2.05, 4.69) is 20.8 Å². The highest BCUT2D eigenvalue weighted by Crippen LogP contribution is 2.30. The van der Waals surface area contributed by atoms with Crippen molar-refractivity contribution in [2.24, 2.45) is 10.2 Å². The van der Waals surface area contributed by atoms with Crippen LogP contribution >= 0.6 is 11.8 Å². The maximum Gasteiger partial charge on any atom is 0.280 e. The van der Waals surface area contributed by atoms with Gasteiger partial charge in [-0.2, -0.15) is 5.10 Å². The third-order valence-electron chi connectivity index (χ3n) is 4.92. The van der Waals surface area contributed by atoms with Crippen LogP contribution < -0.4 is 15.4 Å². The molecule has 0 saturated carbocycles.